The predicted octanol–water partition coefficient (Wildman–Crippen LogP) is 5.65. The third kappa shape index (κ3) is 3.98. The maximum Gasteiger partial charge on any atom is 0.352 e. The minimum atomic E-state index is -1.06. The minimum Gasteiger partial charge on any atom is -0.477 e. The molecule has 7 nitrogen and oxygen atoms in total. The van der Waals surface area contributed by atoms with Gasteiger partial charge in [-0.25, -0.2) is 9.18 Å². The second-order valence-corrected chi connectivity index (χ2v) is 8.61. The number of rotatable bonds is 6. The molecule has 0 saturated carbocycles. The Balaban J connectivity index is 1.69. The Morgan fingerprint density at radius 3 is 2.56 bits per heavy atom. The van der Waals surface area contributed by atoms with Crippen molar-refractivity contribution in [1.82, 2.24) is 4.57 Å². The lowest BCUT2D eigenvalue weighted by molar-refractivity contribution is 0.0685. The lowest BCUT2D eigenvalue weighted by Crippen LogP contribution is -2.12. The molecule has 0 aliphatic heterocycles. The summed E-state index contributed by atoms with van der Waals surface area (Å²) >= 11 is 0. The van der Waals surface area contributed by atoms with Crippen LogP contribution in [0.25, 0.3) is 21.7 Å². The van der Waals surface area contributed by atoms with Gasteiger partial charge in [0.25, 0.3) is 0 Å². The molecule has 0 spiro atoms. The number of nitrogen functional groups attached to an aromatic ring is 2. The van der Waals surface area contributed by atoms with Crippen LogP contribution in [0.5, 0.6) is 11.5 Å². The Bertz CT molecular complexity index is 1690. The Labute approximate surface area is 205 Å². The van der Waals surface area contributed by atoms with Crippen molar-refractivity contribution in [3.8, 4) is 11.5 Å². The number of carboxylic acids is 1. The zero-order valence-electron chi connectivity index (χ0n) is 19.4. The lowest BCUT2D eigenvalue weighted by Gasteiger charge is -2.15. The lowest BCUT2D eigenvalue weighted by atomic mass is 10.0. The van der Waals surface area contributed by atoms with Crippen LogP contribution < -0.4 is 16.2 Å². The summed E-state index contributed by atoms with van der Waals surface area (Å²) in [7, 11) is 0. The van der Waals surface area contributed by atoms with Gasteiger partial charge in [-0.2, -0.15) is 0 Å². The number of hydrogen-bond donors (Lipinski definition) is 4. The Morgan fingerprint density at radius 1 is 1.06 bits per heavy atom. The van der Waals surface area contributed by atoms with Gasteiger partial charge in [-0.15, -0.1) is 0 Å². The van der Waals surface area contributed by atoms with Crippen LogP contribution >= 0.6 is 0 Å². The van der Waals surface area contributed by atoms with Crippen LogP contribution in [0.4, 0.5) is 10.1 Å². The van der Waals surface area contributed by atoms with Crippen molar-refractivity contribution in [2.75, 3.05) is 5.73 Å². The molecule has 8 heteroatoms. The van der Waals surface area contributed by atoms with Gasteiger partial charge < -0.3 is 25.9 Å². The van der Waals surface area contributed by atoms with E-state index in [1.165, 1.54) is 12.1 Å². The van der Waals surface area contributed by atoms with Gasteiger partial charge in [-0.3, -0.25) is 5.41 Å². The number of fused-ring (bicyclic) bond motifs is 2. The fourth-order valence-corrected chi connectivity index (χ4v) is 4.58. The van der Waals surface area contributed by atoms with Crippen molar-refractivity contribution in [1.29, 1.82) is 5.41 Å². The zero-order valence-corrected chi connectivity index (χ0v) is 19.4. The van der Waals surface area contributed by atoms with E-state index in [-0.39, 0.29) is 23.8 Å². The van der Waals surface area contributed by atoms with Crippen molar-refractivity contribution in [3.63, 3.8) is 0 Å². The van der Waals surface area contributed by atoms with Crippen LogP contribution in [-0.2, 0) is 6.54 Å². The zero-order chi connectivity index (χ0) is 25.6. The fraction of sp³-hybridized carbons (Fsp3) is 0.0714. The van der Waals surface area contributed by atoms with Crippen molar-refractivity contribution >= 4 is 39.2 Å². The Morgan fingerprint density at radius 2 is 1.83 bits per heavy atom. The van der Waals surface area contributed by atoms with Gasteiger partial charge in [0.2, 0.25) is 0 Å². The Hall–Kier alpha value is -4.85. The van der Waals surface area contributed by atoms with E-state index in [1.807, 2.05) is 24.3 Å². The maximum absolute atomic E-state index is 14.4. The van der Waals surface area contributed by atoms with E-state index in [1.54, 1.807) is 47.9 Å². The second-order valence-electron chi connectivity index (χ2n) is 8.61. The third-order valence-corrected chi connectivity index (χ3v) is 6.26. The molecule has 0 atom stereocenters. The summed E-state index contributed by atoms with van der Waals surface area (Å²) in [4.78, 5) is 12.3. The molecule has 1 heterocycles. The Kier molecular flexibility index (Phi) is 5.56. The highest BCUT2D eigenvalue weighted by Crippen LogP contribution is 2.33. The predicted molar refractivity (Wildman–Crippen MR) is 139 cm³/mol. The standard InChI is InChI=1S/C28H23FN4O3/c1-15-21-8-6-17(27(31)32)12-24(21)33(26(15)28(34)35)14-18-11-20(10-16-4-2-3-5-22(16)18)36-25-9-7-19(30)13-23(25)29/h2-13H,14,30H2,1H3,(H3,31,32)(H,34,35). The number of carboxylic acid groups (broad SMARTS) is 1. The highest BCUT2D eigenvalue weighted by Gasteiger charge is 2.21. The fourth-order valence-electron chi connectivity index (χ4n) is 4.58. The second kappa shape index (κ2) is 8.74. The van der Waals surface area contributed by atoms with Gasteiger partial charge in [-0.05, 0) is 59.2 Å². The van der Waals surface area contributed by atoms with Crippen LogP contribution in [0.2, 0.25) is 0 Å². The van der Waals surface area contributed by atoms with Gasteiger partial charge >= 0.3 is 5.97 Å². The van der Waals surface area contributed by atoms with Crippen molar-refractivity contribution < 1.29 is 19.0 Å². The van der Waals surface area contributed by atoms with Crippen LogP contribution in [0.3, 0.4) is 0 Å². The van der Waals surface area contributed by atoms with E-state index in [2.05, 4.69) is 0 Å². The number of halogens is 1. The smallest absolute Gasteiger partial charge is 0.352 e. The molecule has 0 amide bonds. The first kappa shape index (κ1) is 22.9. The molecule has 0 aliphatic carbocycles. The largest absolute Gasteiger partial charge is 0.477 e. The van der Waals surface area contributed by atoms with Crippen LogP contribution in [-0.4, -0.2) is 21.5 Å². The van der Waals surface area contributed by atoms with E-state index in [0.717, 1.165) is 21.7 Å². The SMILES string of the molecule is Cc1c(C(=O)O)n(Cc2cc(Oc3ccc(N)cc3F)cc3ccccc23)c2cc(C(=N)N)ccc12. The topological polar surface area (TPSA) is 127 Å². The highest BCUT2D eigenvalue weighted by molar-refractivity contribution is 6.03. The van der Waals surface area contributed by atoms with Gasteiger partial charge in [-0.1, -0.05) is 36.4 Å². The molecule has 6 N–H and O–H groups in total. The molecule has 0 aliphatic rings. The van der Waals surface area contributed by atoms with Gasteiger partial charge in [0.15, 0.2) is 11.6 Å². The normalized spacial score (nSPS) is 11.2. The van der Waals surface area contributed by atoms with Crippen molar-refractivity contribution in [2.45, 2.75) is 13.5 Å². The van der Waals surface area contributed by atoms with Crippen LogP contribution in [0.15, 0.2) is 72.8 Å². The van der Waals surface area contributed by atoms with Gasteiger partial charge in [0.05, 0.1) is 0 Å². The summed E-state index contributed by atoms with van der Waals surface area (Å²) in [5.74, 6) is -1.31. The quantitative estimate of drug-likeness (QED) is 0.141. The molecule has 0 saturated heterocycles. The number of anilines is 1. The molecule has 5 aromatic rings. The van der Waals surface area contributed by atoms with Crippen LogP contribution in [0.1, 0.15) is 27.2 Å². The third-order valence-electron chi connectivity index (χ3n) is 6.26. The molecule has 0 radical (unpaired) electrons. The first-order valence-corrected chi connectivity index (χ1v) is 11.2. The number of ether oxygens (including phenoxy) is 1. The molecule has 180 valence electrons. The molecule has 0 fully saturated rings. The van der Waals surface area contributed by atoms with E-state index in [9.17, 15) is 14.3 Å². The molecule has 0 bridgehead atoms. The number of aromatic nitrogens is 1. The van der Waals surface area contributed by atoms with Crippen molar-refractivity contribution in [2.24, 2.45) is 5.73 Å². The van der Waals surface area contributed by atoms with Crippen molar-refractivity contribution in [3.05, 3.63) is 101 Å². The summed E-state index contributed by atoms with van der Waals surface area (Å²) in [6.07, 6.45) is 0. The van der Waals surface area contributed by atoms with Gasteiger partial charge in [0.1, 0.15) is 17.3 Å². The van der Waals surface area contributed by atoms with Crippen LogP contribution in [0, 0.1) is 18.2 Å². The van der Waals surface area contributed by atoms with E-state index in [4.69, 9.17) is 21.6 Å². The first-order valence-electron chi connectivity index (χ1n) is 11.2. The van der Waals surface area contributed by atoms with E-state index >= 15 is 0 Å². The summed E-state index contributed by atoms with van der Waals surface area (Å²) in [5, 5.41) is 20.4. The molecule has 4 aromatic carbocycles. The van der Waals surface area contributed by atoms with Gasteiger partial charge in [0, 0.05) is 34.8 Å². The molecule has 5 rings (SSSR count). The van der Waals surface area contributed by atoms with E-state index < -0.39 is 11.8 Å². The molecular weight excluding hydrogens is 459 g/mol. The summed E-state index contributed by atoms with van der Waals surface area (Å²) in [6.45, 7) is 1.96. The number of nitrogens with one attached hydrogen (secondary N) is 1. The molecule has 36 heavy (non-hydrogen) atoms. The molecule has 1 aromatic heterocycles. The maximum atomic E-state index is 14.4. The number of aromatic carboxylic acids is 1. The average Bonchev–Trinajstić information content (AvgIpc) is 3.12. The number of amidine groups is 1. The number of hydrogen-bond acceptors (Lipinski definition) is 4. The summed E-state index contributed by atoms with van der Waals surface area (Å²) in [5.41, 5.74) is 14.3. The highest BCUT2D eigenvalue weighted by atomic mass is 19.1. The van der Waals surface area contributed by atoms with E-state index in [0.29, 0.717) is 28.1 Å². The summed E-state index contributed by atoms with van der Waals surface area (Å²) < 4.78 is 22.0. The number of aryl methyl sites for hydroxylation is 1. The number of nitrogens with zero attached hydrogens (tertiary/aromatic N) is 1. The number of carbonyl (C=O) groups is 1. The molecular formula is C28H23FN4O3. The minimum absolute atomic E-state index is 0.0324. The first-order chi connectivity index (χ1) is 17.2. The summed E-state index contributed by atoms with van der Waals surface area (Å²) in [6, 6.07) is 20.7. The average molecular weight is 483 g/mol. The molecule has 0 unspecified atom stereocenters. The number of benzene rings is 4. The monoisotopic (exact) mass is 482 g/mol. The number of nitrogens with two attached hydrogens (primary N) is 2.